The number of aryl methyl sites for hydroxylation is 1. The summed E-state index contributed by atoms with van der Waals surface area (Å²) in [7, 11) is 0. The molecule has 0 aliphatic carbocycles. The van der Waals surface area contributed by atoms with Crippen molar-refractivity contribution in [2.75, 3.05) is 0 Å². The van der Waals surface area contributed by atoms with E-state index in [1.807, 2.05) is 13.0 Å². The molecule has 2 heterocycles. The van der Waals surface area contributed by atoms with Crippen molar-refractivity contribution >= 4 is 5.65 Å². The fourth-order valence-corrected chi connectivity index (χ4v) is 1.36. The Labute approximate surface area is 80.2 Å². The second kappa shape index (κ2) is 2.77. The molecular formula is C10H10F2N2. The van der Waals surface area contributed by atoms with Crippen LogP contribution in [0.1, 0.15) is 18.3 Å². The first-order chi connectivity index (χ1) is 6.48. The average Bonchev–Trinajstić information content (AvgIpc) is 2.48. The van der Waals surface area contributed by atoms with Crippen molar-refractivity contribution in [3.05, 3.63) is 35.8 Å². The molecule has 0 radical (unpaired) electrons. The van der Waals surface area contributed by atoms with Crippen LogP contribution >= 0.6 is 0 Å². The Morgan fingerprint density at radius 2 is 2.07 bits per heavy atom. The van der Waals surface area contributed by atoms with Crippen LogP contribution in [-0.4, -0.2) is 9.38 Å². The molecule has 0 saturated carbocycles. The van der Waals surface area contributed by atoms with Crippen LogP contribution in [0.3, 0.4) is 0 Å². The van der Waals surface area contributed by atoms with Gasteiger partial charge in [-0.3, -0.25) is 0 Å². The van der Waals surface area contributed by atoms with Gasteiger partial charge in [-0.2, -0.15) is 8.78 Å². The second-order valence-electron chi connectivity index (χ2n) is 3.41. The predicted molar refractivity (Wildman–Crippen MR) is 49.5 cm³/mol. The van der Waals surface area contributed by atoms with Crippen molar-refractivity contribution < 1.29 is 8.78 Å². The van der Waals surface area contributed by atoms with Crippen molar-refractivity contribution in [3.63, 3.8) is 0 Å². The number of fused-ring (bicyclic) bond motifs is 1. The Morgan fingerprint density at radius 1 is 1.36 bits per heavy atom. The fourth-order valence-electron chi connectivity index (χ4n) is 1.36. The zero-order chi connectivity index (χ0) is 10.3. The quantitative estimate of drug-likeness (QED) is 0.685. The summed E-state index contributed by atoms with van der Waals surface area (Å²) in [6.45, 7) is 2.70. The molecule has 0 atom stereocenters. The van der Waals surface area contributed by atoms with Gasteiger partial charge in [-0.1, -0.05) is 6.07 Å². The molecule has 4 heteroatoms. The minimum Gasteiger partial charge on any atom is -0.304 e. The number of nitrogens with zero attached hydrogens (tertiary/aromatic N) is 2. The highest BCUT2D eigenvalue weighted by molar-refractivity contribution is 5.42. The first-order valence-electron chi connectivity index (χ1n) is 4.31. The Bertz CT molecular complexity index is 468. The van der Waals surface area contributed by atoms with E-state index in [0.717, 1.165) is 12.6 Å². The topological polar surface area (TPSA) is 17.3 Å². The molecule has 2 rings (SSSR count). The number of hydrogen-bond donors (Lipinski definition) is 0. The zero-order valence-corrected chi connectivity index (χ0v) is 7.96. The Kier molecular flexibility index (Phi) is 1.80. The summed E-state index contributed by atoms with van der Waals surface area (Å²) < 4.78 is 27.6. The molecule has 0 fully saturated rings. The van der Waals surface area contributed by atoms with Crippen molar-refractivity contribution in [3.8, 4) is 0 Å². The Morgan fingerprint density at radius 3 is 2.64 bits per heavy atom. The maximum absolute atomic E-state index is 12.9. The van der Waals surface area contributed by atoms with E-state index in [2.05, 4.69) is 4.98 Å². The summed E-state index contributed by atoms with van der Waals surface area (Å²) in [6, 6.07) is 5.36. The minimum absolute atomic E-state index is 0.188. The molecule has 2 aromatic heterocycles. The van der Waals surface area contributed by atoms with Crippen LogP contribution in [0.25, 0.3) is 5.65 Å². The molecule has 0 N–H and O–H groups in total. The molecular weight excluding hydrogens is 186 g/mol. The van der Waals surface area contributed by atoms with Gasteiger partial charge in [0, 0.05) is 18.8 Å². The molecule has 0 bridgehead atoms. The van der Waals surface area contributed by atoms with E-state index >= 15 is 0 Å². The summed E-state index contributed by atoms with van der Waals surface area (Å²) in [5.74, 6) is -2.88. The lowest BCUT2D eigenvalue weighted by Crippen LogP contribution is -2.06. The first-order valence-corrected chi connectivity index (χ1v) is 4.31. The largest absolute Gasteiger partial charge is 0.304 e. The summed E-state index contributed by atoms with van der Waals surface area (Å²) in [4.78, 5) is 3.86. The average molecular weight is 196 g/mol. The first kappa shape index (κ1) is 9.12. The molecule has 0 aliphatic heterocycles. The van der Waals surface area contributed by atoms with Gasteiger partial charge in [0.25, 0.3) is 5.92 Å². The Hall–Kier alpha value is -1.45. The van der Waals surface area contributed by atoms with Gasteiger partial charge < -0.3 is 4.40 Å². The maximum atomic E-state index is 12.9. The van der Waals surface area contributed by atoms with Gasteiger partial charge >= 0.3 is 0 Å². The van der Waals surface area contributed by atoms with E-state index in [1.165, 1.54) is 6.20 Å². The number of aromatic nitrogens is 2. The van der Waals surface area contributed by atoms with E-state index in [9.17, 15) is 8.78 Å². The maximum Gasteiger partial charge on any atom is 0.288 e. The molecule has 2 aromatic rings. The van der Waals surface area contributed by atoms with Gasteiger partial charge in [-0.25, -0.2) is 4.98 Å². The molecule has 2 nitrogen and oxygen atoms in total. The predicted octanol–water partition coefficient (Wildman–Crippen LogP) is 2.75. The smallest absolute Gasteiger partial charge is 0.288 e. The number of pyridine rings is 1. The highest BCUT2D eigenvalue weighted by Gasteiger charge is 2.27. The van der Waals surface area contributed by atoms with Crippen LogP contribution in [0.2, 0.25) is 0 Å². The van der Waals surface area contributed by atoms with Crippen LogP contribution in [0, 0.1) is 6.92 Å². The number of hydrogen-bond acceptors (Lipinski definition) is 1. The third-order valence-electron chi connectivity index (χ3n) is 2.15. The molecule has 74 valence electrons. The molecule has 0 amide bonds. The molecule has 0 unspecified atom stereocenters. The number of imidazole rings is 1. The second-order valence-corrected chi connectivity index (χ2v) is 3.41. The van der Waals surface area contributed by atoms with E-state index in [-0.39, 0.29) is 5.69 Å². The van der Waals surface area contributed by atoms with Crippen molar-refractivity contribution in [1.82, 2.24) is 9.38 Å². The van der Waals surface area contributed by atoms with E-state index in [1.54, 1.807) is 16.5 Å². The van der Waals surface area contributed by atoms with E-state index in [4.69, 9.17) is 0 Å². The third-order valence-corrected chi connectivity index (χ3v) is 2.15. The molecule has 0 aliphatic rings. The van der Waals surface area contributed by atoms with Crippen LogP contribution in [0.5, 0.6) is 0 Å². The Balaban J connectivity index is 2.69. The molecule has 14 heavy (non-hydrogen) atoms. The third kappa shape index (κ3) is 1.36. The normalized spacial score (nSPS) is 12.3. The zero-order valence-electron chi connectivity index (χ0n) is 7.96. The monoisotopic (exact) mass is 196 g/mol. The summed E-state index contributed by atoms with van der Waals surface area (Å²) in [5.41, 5.74) is 1.26. The summed E-state index contributed by atoms with van der Waals surface area (Å²) in [5, 5.41) is 0. The lowest BCUT2D eigenvalue weighted by molar-refractivity contribution is 0.0133. The van der Waals surface area contributed by atoms with Crippen molar-refractivity contribution in [2.24, 2.45) is 0 Å². The standard InChI is InChI=1S/C10H10F2N2/c1-7-4-3-5-9-13-8(6-14(7)9)10(2,11)12/h3-6H,1-2H3. The van der Waals surface area contributed by atoms with Crippen LogP contribution in [0.4, 0.5) is 8.78 Å². The number of alkyl halides is 2. The van der Waals surface area contributed by atoms with Gasteiger partial charge in [0.2, 0.25) is 0 Å². The van der Waals surface area contributed by atoms with Gasteiger partial charge in [-0.15, -0.1) is 0 Å². The van der Waals surface area contributed by atoms with E-state index < -0.39 is 5.92 Å². The minimum atomic E-state index is -2.88. The summed E-state index contributed by atoms with van der Waals surface area (Å²) in [6.07, 6.45) is 1.38. The van der Waals surface area contributed by atoms with Gasteiger partial charge in [0.1, 0.15) is 11.3 Å². The van der Waals surface area contributed by atoms with Gasteiger partial charge in [0.15, 0.2) is 0 Å². The van der Waals surface area contributed by atoms with Crippen molar-refractivity contribution in [1.29, 1.82) is 0 Å². The van der Waals surface area contributed by atoms with Crippen LogP contribution < -0.4 is 0 Å². The summed E-state index contributed by atoms with van der Waals surface area (Å²) >= 11 is 0. The van der Waals surface area contributed by atoms with Crippen LogP contribution in [-0.2, 0) is 5.92 Å². The highest BCUT2D eigenvalue weighted by Crippen LogP contribution is 2.26. The molecule has 0 saturated heterocycles. The van der Waals surface area contributed by atoms with E-state index in [0.29, 0.717) is 5.65 Å². The molecule has 0 aromatic carbocycles. The lowest BCUT2D eigenvalue weighted by atomic mass is 10.3. The lowest BCUT2D eigenvalue weighted by Gasteiger charge is -2.03. The number of halogens is 2. The fraction of sp³-hybridized carbons (Fsp3) is 0.300. The highest BCUT2D eigenvalue weighted by atomic mass is 19.3. The van der Waals surface area contributed by atoms with Gasteiger partial charge in [0.05, 0.1) is 0 Å². The van der Waals surface area contributed by atoms with Gasteiger partial charge in [-0.05, 0) is 19.1 Å². The van der Waals surface area contributed by atoms with Crippen molar-refractivity contribution in [2.45, 2.75) is 19.8 Å². The number of rotatable bonds is 1. The molecule has 0 spiro atoms. The SMILES string of the molecule is Cc1cccc2nc(C(C)(F)F)cn12. The van der Waals surface area contributed by atoms with Crippen LogP contribution in [0.15, 0.2) is 24.4 Å².